The number of amides is 1. The predicted molar refractivity (Wildman–Crippen MR) is 127 cm³/mol. The number of hydrogen-bond acceptors (Lipinski definition) is 5. The number of hydrogen-bond donors (Lipinski definition) is 0. The highest BCUT2D eigenvalue weighted by atomic mass is 16.6. The van der Waals surface area contributed by atoms with Gasteiger partial charge in [-0.1, -0.05) is 66.7 Å². The molecule has 1 aliphatic rings. The Labute approximate surface area is 196 Å². The lowest BCUT2D eigenvalue weighted by molar-refractivity contribution is -0.143. The summed E-state index contributed by atoms with van der Waals surface area (Å²) in [6, 6.07) is 19.3. The van der Waals surface area contributed by atoms with E-state index in [4.69, 9.17) is 14.2 Å². The van der Waals surface area contributed by atoms with Crippen LogP contribution in [0.5, 0.6) is 0 Å². The first kappa shape index (κ1) is 24.5. The predicted octanol–water partition coefficient (Wildman–Crippen LogP) is 5.61. The van der Waals surface area contributed by atoms with Gasteiger partial charge in [-0.3, -0.25) is 9.69 Å². The second kappa shape index (κ2) is 11.1. The molecule has 0 unspecified atom stereocenters. The largest absolute Gasteiger partial charge is 0.466 e. The molecule has 33 heavy (non-hydrogen) atoms. The van der Waals surface area contributed by atoms with E-state index in [1.54, 1.807) is 11.8 Å². The summed E-state index contributed by atoms with van der Waals surface area (Å²) in [6.07, 6.45) is 2.91. The van der Waals surface area contributed by atoms with E-state index in [9.17, 15) is 9.59 Å². The van der Waals surface area contributed by atoms with Crippen LogP contribution in [0.15, 0.2) is 72.8 Å². The van der Waals surface area contributed by atoms with Gasteiger partial charge >= 0.3 is 12.1 Å². The number of carbonyl (C=O) groups is 2. The normalized spacial score (nSPS) is 19.5. The van der Waals surface area contributed by atoms with Crippen LogP contribution in [0.3, 0.4) is 0 Å². The lowest BCUT2D eigenvalue weighted by Gasteiger charge is -2.30. The van der Waals surface area contributed by atoms with Gasteiger partial charge < -0.3 is 14.2 Å². The molecule has 2 aromatic rings. The van der Waals surface area contributed by atoms with Crippen molar-refractivity contribution in [3.05, 3.63) is 83.9 Å². The maximum Gasteiger partial charge on any atom is 0.413 e. The molecule has 0 radical (unpaired) electrons. The Bertz CT molecular complexity index is 936. The lowest BCUT2D eigenvalue weighted by Crippen LogP contribution is -2.41. The van der Waals surface area contributed by atoms with Crippen LogP contribution in [0.2, 0.25) is 0 Å². The highest BCUT2D eigenvalue weighted by Crippen LogP contribution is 2.33. The molecular weight excluding hydrogens is 418 g/mol. The Kier molecular flexibility index (Phi) is 8.28. The van der Waals surface area contributed by atoms with Crippen LogP contribution in [0.25, 0.3) is 0 Å². The third-order valence-electron chi connectivity index (χ3n) is 5.25. The SMILES string of the molecule is CCOC(=O)C[C@@H](C=C[C@H]1OC[C@@H](c2ccccc2)N1C(=O)OC(C)(C)C)c1ccccc1. The lowest BCUT2D eigenvalue weighted by atomic mass is 9.95. The number of rotatable bonds is 7. The summed E-state index contributed by atoms with van der Waals surface area (Å²) >= 11 is 0. The highest BCUT2D eigenvalue weighted by molar-refractivity contribution is 5.71. The molecule has 1 aliphatic heterocycles. The summed E-state index contributed by atoms with van der Waals surface area (Å²) in [4.78, 5) is 27.0. The fourth-order valence-corrected chi connectivity index (χ4v) is 3.78. The summed E-state index contributed by atoms with van der Waals surface area (Å²) in [5.41, 5.74) is 1.33. The molecule has 2 aromatic carbocycles. The van der Waals surface area contributed by atoms with Gasteiger partial charge in [0.15, 0.2) is 6.23 Å². The van der Waals surface area contributed by atoms with Gasteiger partial charge in [-0.05, 0) is 44.9 Å². The van der Waals surface area contributed by atoms with Crippen LogP contribution in [-0.4, -0.2) is 42.0 Å². The molecule has 0 spiro atoms. The van der Waals surface area contributed by atoms with Gasteiger partial charge in [0.2, 0.25) is 0 Å². The first-order valence-corrected chi connectivity index (χ1v) is 11.3. The standard InChI is InChI=1S/C27H33NO5/c1-5-31-25(29)18-22(20-12-8-6-9-13-20)16-17-24-28(26(30)33-27(2,3)4)23(19-32-24)21-14-10-7-11-15-21/h6-17,22-24H,5,18-19H2,1-4H3/t22-,23+,24-/m1/s1. The zero-order valence-corrected chi connectivity index (χ0v) is 19.8. The van der Waals surface area contributed by atoms with Gasteiger partial charge in [0.05, 0.1) is 25.7 Å². The van der Waals surface area contributed by atoms with Gasteiger partial charge in [-0.15, -0.1) is 0 Å². The van der Waals surface area contributed by atoms with Crippen LogP contribution in [0.1, 0.15) is 57.2 Å². The van der Waals surface area contributed by atoms with Crippen LogP contribution >= 0.6 is 0 Å². The summed E-state index contributed by atoms with van der Waals surface area (Å²) in [6.45, 7) is 8.01. The topological polar surface area (TPSA) is 65.1 Å². The van der Waals surface area contributed by atoms with Crippen molar-refractivity contribution in [2.45, 2.75) is 57.9 Å². The smallest absolute Gasteiger partial charge is 0.413 e. The van der Waals surface area contributed by atoms with E-state index in [2.05, 4.69) is 0 Å². The highest BCUT2D eigenvalue weighted by Gasteiger charge is 2.40. The number of benzene rings is 2. The van der Waals surface area contributed by atoms with Crippen molar-refractivity contribution < 1.29 is 23.8 Å². The van der Waals surface area contributed by atoms with Crippen molar-refractivity contribution in [1.82, 2.24) is 4.90 Å². The molecule has 3 rings (SSSR count). The van der Waals surface area contributed by atoms with Gasteiger partial charge in [0.1, 0.15) is 5.60 Å². The molecule has 1 heterocycles. The maximum atomic E-state index is 13.1. The summed E-state index contributed by atoms with van der Waals surface area (Å²) in [5.74, 6) is -0.473. The monoisotopic (exact) mass is 451 g/mol. The van der Waals surface area contributed by atoms with Crippen molar-refractivity contribution >= 4 is 12.1 Å². The van der Waals surface area contributed by atoms with Crippen molar-refractivity contribution in [3.8, 4) is 0 Å². The van der Waals surface area contributed by atoms with E-state index in [0.29, 0.717) is 13.2 Å². The Hall–Kier alpha value is -3.12. The third-order valence-corrected chi connectivity index (χ3v) is 5.25. The van der Waals surface area contributed by atoms with Crippen molar-refractivity contribution in [1.29, 1.82) is 0 Å². The van der Waals surface area contributed by atoms with Gasteiger partial charge in [0, 0.05) is 5.92 Å². The van der Waals surface area contributed by atoms with Crippen molar-refractivity contribution in [3.63, 3.8) is 0 Å². The Morgan fingerprint density at radius 2 is 1.73 bits per heavy atom. The fraction of sp³-hybridized carbons (Fsp3) is 0.407. The summed E-state index contributed by atoms with van der Waals surface area (Å²) in [5, 5.41) is 0. The van der Waals surface area contributed by atoms with E-state index >= 15 is 0 Å². The number of nitrogens with zero attached hydrogens (tertiary/aromatic N) is 1. The van der Waals surface area contributed by atoms with E-state index in [1.807, 2.05) is 93.6 Å². The Morgan fingerprint density at radius 1 is 1.09 bits per heavy atom. The molecule has 0 bridgehead atoms. The van der Waals surface area contributed by atoms with Crippen molar-refractivity contribution in [2.75, 3.05) is 13.2 Å². The number of esters is 1. The minimum Gasteiger partial charge on any atom is -0.466 e. The Morgan fingerprint density at radius 3 is 2.33 bits per heavy atom. The minimum atomic E-state index is -0.633. The molecule has 0 saturated carbocycles. The van der Waals surface area contributed by atoms with Crippen LogP contribution < -0.4 is 0 Å². The molecule has 176 valence electrons. The zero-order chi connectivity index (χ0) is 23.8. The maximum absolute atomic E-state index is 13.1. The van der Waals surface area contributed by atoms with E-state index < -0.39 is 17.9 Å². The van der Waals surface area contributed by atoms with Crippen LogP contribution in [0.4, 0.5) is 4.79 Å². The second-order valence-corrected chi connectivity index (χ2v) is 8.95. The molecule has 3 atom stereocenters. The third kappa shape index (κ3) is 6.93. The molecule has 0 N–H and O–H groups in total. The molecule has 6 heteroatoms. The van der Waals surface area contributed by atoms with E-state index in [1.165, 1.54) is 0 Å². The van der Waals surface area contributed by atoms with E-state index in [-0.39, 0.29) is 24.3 Å². The first-order chi connectivity index (χ1) is 15.8. The average Bonchev–Trinajstić information content (AvgIpc) is 3.21. The summed E-state index contributed by atoms with van der Waals surface area (Å²) < 4.78 is 16.9. The zero-order valence-electron chi connectivity index (χ0n) is 19.8. The fourth-order valence-electron chi connectivity index (χ4n) is 3.78. The molecule has 0 aromatic heterocycles. The van der Waals surface area contributed by atoms with Crippen LogP contribution in [0, 0.1) is 0 Å². The van der Waals surface area contributed by atoms with E-state index in [0.717, 1.165) is 11.1 Å². The average molecular weight is 452 g/mol. The van der Waals surface area contributed by atoms with Gasteiger partial charge in [0.25, 0.3) is 0 Å². The quantitative estimate of drug-likeness (QED) is 0.404. The Balaban J connectivity index is 1.87. The number of carbonyl (C=O) groups excluding carboxylic acids is 2. The molecular formula is C27H33NO5. The molecule has 1 amide bonds. The molecule has 0 aliphatic carbocycles. The first-order valence-electron chi connectivity index (χ1n) is 11.3. The number of ether oxygens (including phenoxy) is 3. The molecule has 1 saturated heterocycles. The minimum absolute atomic E-state index is 0.204. The second-order valence-electron chi connectivity index (χ2n) is 8.95. The van der Waals surface area contributed by atoms with Crippen LogP contribution in [-0.2, 0) is 19.0 Å². The molecule has 1 fully saturated rings. The van der Waals surface area contributed by atoms with Gasteiger partial charge in [-0.25, -0.2) is 4.79 Å². The number of allylic oxidation sites excluding steroid dienone is 1. The summed E-state index contributed by atoms with van der Waals surface area (Å²) in [7, 11) is 0. The van der Waals surface area contributed by atoms with Gasteiger partial charge in [-0.2, -0.15) is 0 Å². The molecule has 6 nitrogen and oxygen atoms in total. The van der Waals surface area contributed by atoms with Crippen molar-refractivity contribution in [2.24, 2.45) is 0 Å².